The van der Waals surface area contributed by atoms with Crippen LogP contribution < -0.4 is 0 Å². The second-order valence-corrected chi connectivity index (χ2v) is 8.73. The summed E-state index contributed by atoms with van der Waals surface area (Å²) >= 11 is 0. The average molecular weight is 255 g/mol. The lowest BCUT2D eigenvalue weighted by molar-refractivity contribution is 0.189. The fraction of sp³-hybridized carbons (Fsp3) is 1.00. The summed E-state index contributed by atoms with van der Waals surface area (Å²) < 4.78 is 0. The van der Waals surface area contributed by atoms with E-state index in [4.69, 9.17) is 0 Å². The maximum atomic E-state index is 2.45. The van der Waals surface area contributed by atoms with Gasteiger partial charge in [0.25, 0.3) is 0 Å². The van der Waals surface area contributed by atoms with Crippen LogP contribution in [0.4, 0.5) is 0 Å². The summed E-state index contributed by atoms with van der Waals surface area (Å²) in [5.41, 5.74) is 0.976. The third-order valence-corrected chi connectivity index (χ3v) is 5.15. The van der Waals surface area contributed by atoms with Crippen molar-refractivity contribution in [3.05, 3.63) is 0 Å². The van der Waals surface area contributed by atoms with Crippen LogP contribution in [-0.2, 0) is 0 Å². The van der Waals surface area contributed by atoms with Gasteiger partial charge in [-0.05, 0) is 54.3 Å². The van der Waals surface area contributed by atoms with Gasteiger partial charge in [-0.1, -0.05) is 62.3 Å². The standard InChI is InChI=1S/C18H38/c1-14(2)15(3)10-12-18(8,9)13-11-16(4)17(5,6)7/h14-16H,10-13H2,1-9H3. The van der Waals surface area contributed by atoms with E-state index < -0.39 is 0 Å². The molecule has 2 atom stereocenters. The van der Waals surface area contributed by atoms with E-state index >= 15 is 0 Å². The lowest BCUT2D eigenvalue weighted by atomic mass is 9.73. The van der Waals surface area contributed by atoms with Crippen molar-refractivity contribution in [1.29, 1.82) is 0 Å². The average Bonchev–Trinajstić information content (AvgIpc) is 2.21. The Morgan fingerprint density at radius 1 is 0.722 bits per heavy atom. The van der Waals surface area contributed by atoms with Crippen molar-refractivity contribution in [3.63, 3.8) is 0 Å². The van der Waals surface area contributed by atoms with Gasteiger partial charge in [-0.25, -0.2) is 0 Å². The quantitative estimate of drug-likeness (QED) is 0.483. The van der Waals surface area contributed by atoms with Gasteiger partial charge in [0, 0.05) is 0 Å². The van der Waals surface area contributed by atoms with Gasteiger partial charge >= 0.3 is 0 Å². The predicted molar refractivity (Wildman–Crippen MR) is 84.9 cm³/mol. The normalized spacial score (nSPS) is 17.0. The zero-order valence-electron chi connectivity index (χ0n) is 14.6. The zero-order chi connectivity index (χ0) is 14.6. The summed E-state index contributed by atoms with van der Waals surface area (Å²) in [7, 11) is 0. The minimum atomic E-state index is 0.460. The Kier molecular flexibility index (Phi) is 6.96. The summed E-state index contributed by atoms with van der Waals surface area (Å²) in [6, 6.07) is 0. The van der Waals surface area contributed by atoms with Crippen molar-refractivity contribution in [1.82, 2.24) is 0 Å². The highest BCUT2D eigenvalue weighted by molar-refractivity contribution is 4.76. The molecule has 0 aromatic rings. The second kappa shape index (κ2) is 6.96. The first kappa shape index (κ1) is 18.0. The molecular formula is C18H38. The van der Waals surface area contributed by atoms with Crippen molar-refractivity contribution in [2.75, 3.05) is 0 Å². The molecule has 18 heavy (non-hydrogen) atoms. The molecule has 0 aliphatic rings. The molecule has 110 valence electrons. The van der Waals surface area contributed by atoms with Crippen LogP contribution in [0.2, 0.25) is 0 Å². The Balaban J connectivity index is 4.08. The lowest BCUT2D eigenvalue weighted by Gasteiger charge is -2.32. The molecule has 0 fully saturated rings. The van der Waals surface area contributed by atoms with E-state index in [0.717, 1.165) is 17.8 Å². The van der Waals surface area contributed by atoms with E-state index in [9.17, 15) is 0 Å². The Morgan fingerprint density at radius 3 is 1.56 bits per heavy atom. The summed E-state index contributed by atoms with van der Waals surface area (Å²) in [6.07, 6.45) is 5.50. The van der Waals surface area contributed by atoms with E-state index in [-0.39, 0.29) is 0 Å². The molecular weight excluding hydrogens is 216 g/mol. The topological polar surface area (TPSA) is 0 Å². The molecule has 0 saturated carbocycles. The van der Waals surface area contributed by atoms with Crippen LogP contribution in [0.25, 0.3) is 0 Å². The monoisotopic (exact) mass is 254 g/mol. The summed E-state index contributed by atoms with van der Waals surface area (Å²) in [5, 5.41) is 0. The Bertz CT molecular complexity index is 217. The third kappa shape index (κ3) is 7.44. The third-order valence-electron chi connectivity index (χ3n) is 5.15. The summed E-state index contributed by atoms with van der Waals surface area (Å²) in [4.78, 5) is 0. The van der Waals surface area contributed by atoms with Crippen molar-refractivity contribution in [2.45, 2.75) is 88.0 Å². The first-order valence-electron chi connectivity index (χ1n) is 7.96. The zero-order valence-corrected chi connectivity index (χ0v) is 14.6. The van der Waals surface area contributed by atoms with Gasteiger partial charge in [0.05, 0.1) is 0 Å². The van der Waals surface area contributed by atoms with Crippen LogP contribution in [0.3, 0.4) is 0 Å². The predicted octanol–water partition coefficient (Wildman–Crippen LogP) is 6.55. The number of hydrogen-bond acceptors (Lipinski definition) is 0. The van der Waals surface area contributed by atoms with Crippen LogP contribution in [-0.4, -0.2) is 0 Å². The second-order valence-electron chi connectivity index (χ2n) is 8.73. The van der Waals surface area contributed by atoms with Crippen molar-refractivity contribution in [3.8, 4) is 0 Å². The molecule has 0 N–H and O–H groups in total. The molecule has 0 spiro atoms. The van der Waals surface area contributed by atoms with E-state index in [2.05, 4.69) is 62.3 Å². The first-order valence-corrected chi connectivity index (χ1v) is 7.96. The molecule has 0 aromatic heterocycles. The van der Waals surface area contributed by atoms with Crippen molar-refractivity contribution in [2.24, 2.45) is 28.6 Å². The summed E-state index contributed by atoms with van der Waals surface area (Å²) in [6.45, 7) is 21.5. The van der Waals surface area contributed by atoms with E-state index in [1.807, 2.05) is 0 Å². The molecule has 0 heteroatoms. The Hall–Kier alpha value is 0. The fourth-order valence-electron chi connectivity index (χ4n) is 2.12. The molecule has 0 saturated heterocycles. The molecule has 0 amide bonds. The minimum absolute atomic E-state index is 0.460. The number of rotatable bonds is 7. The van der Waals surface area contributed by atoms with Gasteiger partial charge in [-0.2, -0.15) is 0 Å². The number of hydrogen-bond donors (Lipinski definition) is 0. The van der Waals surface area contributed by atoms with E-state index in [1.54, 1.807) is 0 Å². The van der Waals surface area contributed by atoms with Gasteiger partial charge in [-0.3, -0.25) is 0 Å². The highest BCUT2D eigenvalue weighted by Gasteiger charge is 2.25. The van der Waals surface area contributed by atoms with Crippen molar-refractivity contribution < 1.29 is 0 Å². The van der Waals surface area contributed by atoms with Crippen LogP contribution >= 0.6 is 0 Å². The SMILES string of the molecule is CC(C)C(C)CCC(C)(C)CCC(C)C(C)(C)C. The molecule has 0 aliphatic heterocycles. The molecule has 0 rings (SSSR count). The van der Waals surface area contributed by atoms with Gasteiger partial charge in [-0.15, -0.1) is 0 Å². The molecule has 0 heterocycles. The Morgan fingerprint density at radius 2 is 1.17 bits per heavy atom. The van der Waals surface area contributed by atoms with E-state index in [1.165, 1.54) is 25.7 Å². The highest BCUT2D eigenvalue weighted by Crippen LogP contribution is 2.36. The van der Waals surface area contributed by atoms with Crippen LogP contribution in [0.15, 0.2) is 0 Å². The molecule has 0 aromatic carbocycles. The fourth-order valence-corrected chi connectivity index (χ4v) is 2.12. The largest absolute Gasteiger partial charge is 0.0625 e. The minimum Gasteiger partial charge on any atom is -0.0625 e. The molecule has 0 radical (unpaired) electrons. The lowest BCUT2D eigenvalue weighted by Crippen LogP contribution is -2.21. The van der Waals surface area contributed by atoms with Gasteiger partial charge in [0.2, 0.25) is 0 Å². The van der Waals surface area contributed by atoms with Gasteiger partial charge in [0.15, 0.2) is 0 Å². The summed E-state index contributed by atoms with van der Waals surface area (Å²) in [5.74, 6) is 2.51. The Labute approximate surface area is 117 Å². The maximum Gasteiger partial charge on any atom is -0.0354 e. The van der Waals surface area contributed by atoms with Crippen LogP contribution in [0, 0.1) is 28.6 Å². The van der Waals surface area contributed by atoms with Crippen molar-refractivity contribution >= 4 is 0 Å². The molecule has 0 bridgehead atoms. The van der Waals surface area contributed by atoms with Crippen LogP contribution in [0.1, 0.15) is 88.0 Å². The van der Waals surface area contributed by atoms with Gasteiger partial charge in [0.1, 0.15) is 0 Å². The smallest absolute Gasteiger partial charge is 0.0354 e. The maximum absolute atomic E-state index is 2.45. The van der Waals surface area contributed by atoms with Gasteiger partial charge < -0.3 is 0 Å². The molecule has 0 nitrogen and oxygen atoms in total. The molecule has 0 aliphatic carbocycles. The first-order chi connectivity index (χ1) is 7.96. The molecule has 2 unspecified atom stereocenters. The van der Waals surface area contributed by atoms with Crippen LogP contribution in [0.5, 0.6) is 0 Å². The van der Waals surface area contributed by atoms with E-state index in [0.29, 0.717) is 10.8 Å². The highest BCUT2D eigenvalue weighted by atomic mass is 14.3.